The van der Waals surface area contributed by atoms with Gasteiger partial charge in [-0.3, -0.25) is 9.69 Å². The van der Waals surface area contributed by atoms with Crippen LogP contribution >= 0.6 is 11.6 Å². The summed E-state index contributed by atoms with van der Waals surface area (Å²) in [7, 11) is 0. The Hall–Kier alpha value is -1.10. The zero-order valence-electron chi connectivity index (χ0n) is 13.5. The Morgan fingerprint density at radius 1 is 1.36 bits per heavy atom. The molecule has 0 saturated carbocycles. The molecule has 0 unspecified atom stereocenters. The van der Waals surface area contributed by atoms with Crippen molar-refractivity contribution >= 4 is 17.5 Å². The van der Waals surface area contributed by atoms with Gasteiger partial charge in [-0.2, -0.15) is 0 Å². The average molecular weight is 325 g/mol. The topological polar surface area (TPSA) is 41.6 Å². The maximum Gasteiger partial charge on any atom is 0.240 e. The van der Waals surface area contributed by atoms with E-state index < -0.39 is 0 Å². The number of nitrogens with zero attached hydrogens (tertiary/aromatic N) is 1. The molecule has 1 N–H and O–H groups in total. The SMILES string of the molecule is CC(C)CN1CCOC[C@@H]1C(=O)N[C@H](C)c1ccc(Cl)cc1. The highest BCUT2D eigenvalue weighted by Crippen LogP contribution is 2.17. The third-order valence-corrected chi connectivity index (χ3v) is 4.12. The standard InChI is InChI=1S/C17H25ClN2O2/c1-12(2)10-20-8-9-22-11-16(20)17(21)19-13(3)14-4-6-15(18)7-5-14/h4-7,12-13,16H,8-11H2,1-3H3,(H,19,21)/t13-,16-/m1/s1. The van der Waals surface area contributed by atoms with Crippen LogP contribution in [0.2, 0.25) is 5.02 Å². The second-order valence-corrected chi connectivity index (χ2v) is 6.70. The molecule has 1 aromatic carbocycles. The van der Waals surface area contributed by atoms with Crippen LogP contribution in [-0.2, 0) is 9.53 Å². The molecule has 1 saturated heterocycles. The minimum absolute atomic E-state index is 0.0304. The molecule has 0 spiro atoms. The van der Waals surface area contributed by atoms with E-state index in [1.165, 1.54) is 0 Å². The first-order valence-electron chi connectivity index (χ1n) is 7.85. The molecule has 122 valence electrons. The van der Waals surface area contributed by atoms with E-state index in [2.05, 4.69) is 24.1 Å². The summed E-state index contributed by atoms with van der Waals surface area (Å²) in [6.45, 7) is 9.20. The van der Waals surface area contributed by atoms with Gasteiger partial charge in [0.25, 0.3) is 0 Å². The maximum absolute atomic E-state index is 12.6. The summed E-state index contributed by atoms with van der Waals surface area (Å²) >= 11 is 5.90. The van der Waals surface area contributed by atoms with Crippen molar-refractivity contribution in [2.45, 2.75) is 32.9 Å². The lowest BCUT2D eigenvalue weighted by Gasteiger charge is -2.36. The zero-order chi connectivity index (χ0) is 16.1. The Morgan fingerprint density at radius 2 is 2.05 bits per heavy atom. The molecule has 1 heterocycles. The molecular formula is C17H25ClN2O2. The van der Waals surface area contributed by atoms with Gasteiger partial charge in [0.15, 0.2) is 0 Å². The number of carbonyl (C=O) groups is 1. The highest BCUT2D eigenvalue weighted by atomic mass is 35.5. The van der Waals surface area contributed by atoms with Crippen molar-refractivity contribution in [3.8, 4) is 0 Å². The van der Waals surface area contributed by atoms with Gasteiger partial charge in [-0.25, -0.2) is 0 Å². The number of nitrogens with one attached hydrogen (secondary N) is 1. The van der Waals surface area contributed by atoms with Crippen molar-refractivity contribution < 1.29 is 9.53 Å². The number of rotatable bonds is 5. The third kappa shape index (κ3) is 4.70. The van der Waals surface area contributed by atoms with E-state index in [1.807, 2.05) is 31.2 Å². The Bertz CT molecular complexity index is 490. The number of ether oxygens (including phenoxy) is 1. The predicted molar refractivity (Wildman–Crippen MR) is 89.0 cm³/mol. The van der Waals surface area contributed by atoms with Crippen LogP contribution < -0.4 is 5.32 Å². The summed E-state index contributed by atoms with van der Waals surface area (Å²) in [6, 6.07) is 7.31. The monoisotopic (exact) mass is 324 g/mol. The van der Waals surface area contributed by atoms with Crippen LogP contribution in [0.5, 0.6) is 0 Å². The van der Waals surface area contributed by atoms with Crippen LogP contribution in [-0.4, -0.2) is 43.2 Å². The van der Waals surface area contributed by atoms with Crippen molar-refractivity contribution in [1.29, 1.82) is 0 Å². The number of benzene rings is 1. The molecule has 2 rings (SSSR count). The van der Waals surface area contributed by atoms with Gasteiger partial charge in [-0.1, -0.05) is 37.6 Å². The zero-order valence-corrected chi connectivity index (χ0v) is 14.3. The summed E-state index contributed by atoms with van der Waals surface area (Å²) in [5.41, 5.74) is 1.05. The lowest BCUT2D eigenvalue weighted by atomic mass is 10.1. The number of hydrogen-bond donors (Lipinski definition) is 1. The molecule has 1 aliphatic rings. The van der Waals surface area contributed by atoms with Crippen molar-refractivity contribution in [3.63, 3.8) is 0 Å². The van der Waals surface area contributed by atoms with E-state index in [9.17, 15) is 4.79 Å². The molecule has 1 amide bonds. The minimum Gasteiger partial charge on any atom is -0.378 e. The first-order chi connectivity index (χ1) is 10.5. The van der Waals surface area contributed by atoms with Gasteiger partial charge in [0.05, 0.1) is 19.3 Å². The van der Waals surface area contributed by atoms with Crippen LogP contribution in [0.3, 0.4) is 0 Å². The second-order valence-electron chi connectivity index (χ2n) is 6.26. The fraction of sp³-hybridized carbons (Fsp3) is 0.588. The highest BCUT2D eigenvalue weighted by molar-refractivity contribution is 6.30. The smallest absolute Gasteiger partial charge is 0.240 e. The molecule has 0 radical (unpaired) electrons. The van der Waals surface area contributed by atoms with Crippen LogP contribution in [0.25, 0.3) is 0 Å². The first-order valence-corrected chi connectivity index (χ1v) is 8.23. The summed E-state index contributed by atoms with van der Waals surface area (Å²) in [4.78, 5) is 14.8. The van der Waals surface area contributed by atoms with E-state index in [4.69, 9.17) is 16.3 Å². The van der Waals surface area contributed by atoms with Crippen molar-refractivity contribution in [2.24, 2.45) is 5.92 Å². The molecule has 1 fully saturated rings. The predicted octanol–water partition coefficient (Wildman–Crippen LogP) is 2.87. The highest BCUT2D eigenvalue weighted by Gasteiger charge is 2.30. The summed E-state index contributed by atoms with van der Waals surface area (Å²) in [6.07, 6.45) is 0. The van der Waals surface area contributed by atoms with E-state index in [0.717, 1.165) is 18.7 Å². The Morgan fingerprint density at radius 3 is 2.68 bits per heavy atom. The maximum atomic E-state index is 12.6. The van der Waals surface area contributed by atoms with Crippen molar-refractivity contribution in [3.05, 3.63) is 34.9 Å². The van der Waals surface area contributed by atoms with Gasteiger partial charge < -0.3 is 10.1 Å². The summed E-state index contributed by atoms with van der Waals surface area (Å²) in [5, 5.41) is 3.78. The molecule has 1 aromatic rings. The fourth-order valence-electron chi connectivity index (χ4n) is 2.71. The molecular weight excluding hydrogens is 300 g/mol. The van der Waals surface area contributed by atoms with Gasteiger partial charge in [0.2, 0.25) is 5.91 Å². The molecule has 0 bridgehead atoms. The van der Waals surface area contributed by atoms with E-state index >= 15 is 0 Å². The largest absolute Gasteiger partial charge is 0.378 e. The van der Waals surface area contributed by atoms with Crippen molar-refractivity contribution in [1.82, 2.24) is 10.2 Å². The van der Waals surface area contributed by atoms with Gasteiger partial charge in [0, 0.05) is 18.1 Å². The lowest BCUT2D eigenvalue weighted by Crippen LogP contribution is -2.54. The second kappa shape index (κ2) is 7.95. The molecule has 0 aliphatic carbocycles. The van der Waals surface area contributed by atoms with E-state index in [-0.39, 0.29) is 18.0 Å². The van der Waals surface area contributed by atoms with E-state index in [0.29, 0.717) is 24.2 Å². The lowest BCUT2D eigenvalue weighted by molar-refractivity contribution is -0.133. The third-order valence-electron chi connectivity index (χ3n) is 3.87. The quantitative estimate of drug-likeness (QED) is 0.905. The summed E-state index contributed by atoms with van der Waals surface area (Å²) in [5.74, 6) is 0.560. The normalized spacial score (nSPS) is 20.9. The number of amides is 1. The molecule has 0 aromatic heterocycles. The fourth-order valence-corrected chi connectivity index (χ4v) is 2.84. The average Bonchev–Trinajstić information content (AvgIpc) is 2.47. The number of hydrogen-bond acceptors (Lipinski definition) is 3. The molecule has 1 aliphatic heterocycles. The molecule has 2 atom stereocenters. The Kier molecular flexibility index (Phi) is 6.24. The molecule has 4 nitrogen and oxygen atoms in total. The van der Waals surface area contributed by atoms with Gasteiger partial charge >= 0.3 is 0 Å². The molecule has 22 heavy (non-hydrogen) atoms. The van der Waals surface area contributed by atoms with Crippen LogP contribution in [0, 0.1) is 5.92 Å². The first kappa shape index (κ1) is 17.3. The minimum atomic E-state index is -0.203. The number of morpholine rings is 1. The Labute approximate surface area is 137 Å². The van der Waals surface area contributed by atoms with Gasteiger partial charge in [-0.15, -0.1) is 0 Å². The Balaban J connectivity index is 1.98. The van der Waals surface area contributed by atoms with E-state index in [1.54, 1.807) is 0 Å². The van der Waals surface area contributed by atoms with Crippen LogP contribution in [0.4, 0.5) is 0 Å². The summed E-state index contributed by atoms with van der Waals surface area (Å²) < 4.78 is 5.50. The van der Waals surface area contributed by atoms with Gasteiger partial charge in [-0.05, 0) is 30.5 Å². The van der Waals surface area contributed by atoms with Crippen LogP contribution in [0.1, 0.15) is 32.4 Å². The molecule has 5 heteroatoms. The number of halogens is 1. The van der Waals surface area contributed by atoms with Gasteiger partial charge in [0.1, 0.15) is 6.04 Å². The van der Waals surface area contributed by atoms with Crippen molar-refractivity contribution in [2.75, 3.05) is 26.3 Å². The number of carbonyl (C=O) groups excluding carboxylic acids is 1. The van der Waals surface area contributed by atoms with Crippen LogP contribution in [0.15, 0.2) is 24.3 Å².